The molecule has 0 radical (unpaired) electrons. The number of nitrogens with zero attached hydrogens (tertiary/aromatic N) is 1. The summed E-state index contributed by atoms with van der Waals surface area (Å²) in [5, 5.41) is 5.57. The molecule has 0 atom stereocenters. The van der Waals surface area contributed by atoms with Crippen molar-refractivity contribution in [3.05, 3.63) is 22.8 Å². The Morgan fingerprint density at radius 2 is 2.16 bits per heavy atom. The number of nitrogens with one attached hydrogen (secondary N) is 2. The van der Waals surface area contributed by atoms with Gasteiger partial charge < -0.3 is 16.4 Å². The summed E-state index contributed by atoms with van der Waals surface area (Å²) in [7, 11) is 0. The molecule has 0 fully saturated rings. The molecule has 0 saturated carbocycles. The molecule has 0 aliphatic heterocycles. The minimum Gasteiger partial charge on any atom is -0.382 e. The van der Waals surface area contributed by atoms with Gasteiger partial charge in [-0.3, -0.25) is 9.59 Å². The third-order valence-electron chi connectivity index (χ3n) is 2.22. The van der Waals surface area contributed by atoms with Gasteiger partial charge in [0.05, 0.1) is 10.6 Å². The van der Waals surface area contributed by atoms with Gasteiger partial charge in [-0.15, -0.1) is 0 Å². The van der Waals surface area contributed by atoms with Crippen LogP contribution in [0.1, 0.15) is 30.6 Å². The van der Waals surface area contributed by atoms with Gasteiger partial charge in [0, 0.05) is 25.2 Å². The van der Waals surface area contributed by atoms with E-state index in [0.717, 1.165) is 0 Å². The number of carbonyl (C=O) groups is 2. The number of rotatable bonds is 5. The van der Waals surface area contributed by atoms with E-state index in [2.05, 4.69) is 15.6 Å². The van der Waals surface area contributed by atoms with Gasteiger partial charge in [-0.05, 0) is 19.9 Å². The smallest absolute Gasteiger partial charge is 0.252 e. The molecule has 0 bridgehead atoms. The van der Waals surface area contributed by atoms with Gasteiger partial charge in [0.2, 0.25) is 5.91 Å². The SMILES string of the molecule is CC(C)NC(=O)CCNC(=O)c1cnc(N)c(Cl)c1. The van der Waals surface area contributed by atoms with Crippen molar-refractivity contribution in [2.75, 3.05) is 12.3 Å². The number of aromatic nitrogens is 1. The first kappa shape index (κ1) is 15.2. The molecular weight excluding hydrogens is 268 g/mol. The van der Waals surface area contributed by atoms with Crippen molar-refractivity contribution in [2.24, 2.45) is 0 Å². The number of halogens is 1. The van der Waals surface area contributed by atoms with E-state index < -0.39 is 0 Å². The highest BCUT2D eigenvalue weighted by Crippen LogP contribution is 2.16. The standard InChI is InChI=1S/C12H17ClN4O2/c1-7(2)17-10(18)3-4-15-12(19)8-5-9(13)11(14)16-6-8/h5-7H,3-4H2,1-2H3,(H2,14,16)(H,15,19)(H,17,18). The zero-order chi connectivity index (χ0) is 14.4. The molecule has 19 heavy (non-hydrogen) atoms. The molecule has 0 aliphatic rings. The van der Waals surface area contributed by atoms with Crippen LogP contribution in [0.25, 0.3) is 0 Å². The molecule has 0 aromatic carbocycles. The van der Waals surface area contributed by atoms with Crippen molar-refractivity contribution >= 4 is 29.2 Å². The van der Waals surface area contributed by atoms with Crippen molar-refractivity contribution in [3.8, 4) is 0 Å². The van der Waals surface area contributed by atoms with Crippen molar-refractivity contribution in [1.82, 2.24) is 15.6 Å². The van der Waals surface area contributed by atoms with Crippen LogP contribution in [-0.4, -0.2) is 29.4 Å². The lowest BCUT2D eigenvalue weighted by molar-refractivity contribution is -0.121. The molecule has 1 rings (SSSR count). The van der Waals surface area contributed by atoms with Crippen molar-refractivity contribution in [2.45, 2.75) is 26.3 Å². The summed E-state index contributed by atoms with van der Waals surface area (Å²) < 4.78 is 0. The number of pyridine rings is 1. The van der Waals surface area contributed by atoms with E-state index in [4.69, 9.17) is 17.3 Å². The summed E-state index contributed by atoms with van der Waals surface area (Å²) in [6, 6.07) is 1.52. The molecule has 104 valence electrons. The Morgan fingerprint density at radius 3 is 2.74 bits per heavy atom. The predicted molar refractivity (Wildman–Crippen MR) is 73.9 cm³/mol. The van der Waals surface area contributed by atoms with E-state index in [1.165, 1.54) is 12.3 Å². The van der Waals surface area contributed by atoms with E-state index in [1.54, 1.807) is 0 Å². The molecule has 1 aromatic heterocycles. The van der Waals surface area contributed by atoms with Gasteiger partial charge in [0.15, 0.2) is 0 Å². The number of carbonyl (C=O) groups excluding carboxylic acids is 2. The van der Waals surface area contributed by atoms with E-state index in [1.807, 2.05) is 13.8 Å². The van der Waals surface area contributed by atoms with Crippen LogP contribution in [0.15, 0.2) is 12.3 Å². The van der Waals surface area contributed by atoms with Crippen molar-refractivity contribution in [1.29, 1.82) is 0 Å². The third-order valence-corrected chi connectivity index (χ3v) is 2.52. The van der Waals surface area contributed by atoms with Crippen LogP contribution < -0.4 is 16.4 Å². The summed E-state index contributed by atoms with van der Waals surface area (Å²) >= 11 is 5.77. The molecule has 6 nitrogen and oxygen atoms in total. The van der Waals surface area contributed by atoms with Crippen LogP contribution in [0.4, 0.5) is 5.82 Å². The molecular formula is C12H17ClN4O2. The Hall–Kier alpha value is -1.82. The fourth-order valence-corrected chi connectivity index (χ4v) is 1.52. The molecule has 7 heteroatoms. The van der Waals surface area contributed by atoms with Crippen LogP contribution in [0.5, 0.6) is 0 Å². The highest BCUT2D eigenvalue weighted by atomic mass is 35.5. The van der Waals surface area contributed by atoms with Gasteiger partial charge >= 0.3 is 0 Å². The lowest BCUT2D eigenvalue weighted by atomic mass is 10.2. The minimum absolute atomic E-state index is 0.0864. The zero-order valence-corrected chi connectivity index (χ0v) is 11.6. The summed E-state index contributed by atoms with van der Waals surface area (Å²) in [4.78, 5) is 26.9. The van der Waals surface area contributed by atoms with Gasteiger partial charge in [-0.2, -0.15) is 0 Å². The Bertz CT molecular complexity index is 477. The second-order valence-electron chi connectivity index (χ2n) is 4.32. The van der Waals surface area contributed by atoms with E-state index in [0.29, 0.717) is 5.56 Å². The molecule has 2 amide bonds. The van der Waals surface area contributed by atoms with Crippen LogP contribution in [0.3, 0.4) is 0 Å². The van der Waals surface area contributed by atoms with E-state index >= 15 is 0 Å². The molecule has 0 spiro atoms. The molecule has 0 saturated heterocycles. The third kappa shape index (κ3) is 5.13. The van der Waals surface area contributed by atoms with Crippen molar-refractivity contribution < 1.29 is 9.59 Å². The van der Waals surface area contributed by atoms with Gasteiger partial charge in [0.1, 0.15) is 5.82 Å². The monoisotopic (exact) mass is 284 g/mol. The molecule has 1 aromatic rings. The van der Waals surface area contributed by atoms with Crippen LogP contribution in [-0.2, 0) is 4.79 Å². The fraction of sp³-hybridized carbons (Fsp3) is 0.417. The van der Waals surface area contributed by atoms with Gasteiger partial charge in [-0.1, -0.05) is 11.6 Å². The van der Waals surface area contributed by atoms with Gasteiger partial charge in [0.25, 0.3) is 5.91 Å². The largest absolute Gasteiger partial charge is 0.382 e. The summed E-state index contributed by atoms with van der Waals surface area (Å²) in [5.41, 5.74) is 5.76. The quantitative estimate of drug-likeness (QED) is 0.750. The number of anilines is 1. The Labute approximate surface area is 116 Å². The maximum absolute atomic E-state index is 11.7. The highest BCUT2D eigenvalue weighted by Gasteiger charge is 2.09. The lowest BCUT2D eigenvalue weighted by Crippen LogP contribution is -2.34. The van der Waals surface area contributed by atoms with Crippen LogP contribution in [0, 0.1) is 0 Å². The maximum Gasteiger partial charge on any atom is 0.252 e. The minimum atomic E-state index is -0.341. The summed E-state index contributed by atoms with van der Waals surface area (Å²) in [5.74, 6) is -0.273. The fourth-order valence-electron chi connectivity index (χ4n) is 1.36. The molecule has 4 N–H and O–H groups in total. The van der Waals surface area contributed by atoms with E-state index in [9.17, 15) is 9.59 Å². The Kier molecular flexibility index (Phi) is 5.57. The summed E-state index contributed by atoms with van der Waals surface area (Å²) in [6.07, 6.45) is 1.56. The number of nitrogens with two attached hydrogens (primary N) is 1. The summed E-state index contributed by atoms with van der Waals surface area (Å²) in [6.45, 7) is 4.00. The molecule has 1 heterocycles. The molecule has 0 aliphatic carbocycles. The maximum atomic E-state index is 11.7. The lowest BCUT2D eigenvalue weighted by Gasteiger charge is -2.09. The first-order valence-corrected chi connectivity index (χ1v) is 6.26. The Balaban J connectivity index is 2.43. The second kappa shape index (κ2) is 6.94. The average molecular weight is 285 g/mol. The Morgan fingerprint density at radius 1 is 1.47 bits per heavy atom. The number of amides is 2. The number of nitrogen functional groups attached to an aromatic ring is 1. The topological polar surface area (TPSA) is 97.1 Å². The average Bonchev–Trinajstić information content (AvgIpc) is 2.31. The van der Waals surface area contributed by atoms with Crippen molar-refractivity contribution in [3.63, 3.8) is 0 Å². The first-order chi connectivity index (χ1) is 8.90. The number of hydrogen-bond acceptors (Lipinski definition) is 4. The normalized spacial score (nSPS) is 10.3. The van der Waals surface area contributed by atoms with E-state index in [-0.39, 0.29) is 41.7 Å². The predicted octanol–water partition coefficient (Wildman–Crippen LogP) is 0.962. The van der Waals surface area contributed by atoms with Gasteiger partial charge in [-0.25, -0.2) is 4.98 Å². The number of hydrogen-bond donors (Lipinski definition) is 3. The van der Waals surface area contributed by atoms with Crippen LogP contribution >= 0.6 is 11.6 Å². The molecule has 0 unspecified atom stereocenters. The second-order valence-corrected chi connectivity index (χ2v) is 4.73. The van der Waals surface area contributed by atoms with Crippen LogP contribution in [0.2, 0.25) is 5.02 Å². The first-order valence-electron chi connectivity index (χ1n) is 5.88. The zero-order valence-electron chi connectivity index (χ0n) is 10.9. The highest BCUT2D eigenvalue weighted by molar-refractivity contribution is 6.33.